The highest BCUT2D eigenvalue weighted by Gasteiger charge is 2.39. The third kappa shape index (κ3) is 3.46. The molecule has 0 aromatic heterocycles. The van der Waals surface area contributed by atoms with E-state index < -0.39 is 0 Å². The molecule has 0 amide bonds. The molecule has 1 atom stereocenters. The summed E-state index contributed by atoms with van der Waals surface area (Å²) in [4.78, 5) is 0. The van der Waals surface area contributed by atoms with Crippen LogP contribution < -0.4 is 0 Å². The first kappa shape index (κ1) is 15.6. The lowest BCUT2D eigenvalue weighted by Crippen LogP contribution is -2.29. The number of rotatable bonds is 5. The lowest BCUT2D eigenvalue weighted by atomic mass is 9.64. The summed E-state index contributed by atoms with van der Waals surface area (Å²) in [5.41, 5.74) is 1.42. The van der Waals surface area contributed by atoms with Crippen LogP contribution in [0.2, 0.25) is 0 Å². The molecule has 0 saturated heterocycles. The molecule has 112 valence electrons. The maximum atomic E-state index is 9.79. The predicted octanol–water partition coefficient (Wildman–Crippen LogP) is 6.01. The van der Waals surface area contributed by atoms with Gasteiger partial charge >= 0.3 is 0 Å². The van der Waals surface area contributed by atoms with E-state index in [1.165, 1.54) is 63.4 Å². The Hall–Kier alpha value is -0.770. The third-order valence-electron chi connectivity index (χ3n) is 5.70. The van der Waals surface area contributed by atoms with E-state index in [-0.39, 0.29) is 5.41 Å². The minimum Gasteiger partial charge on any atom is -0.197 e. The average molecular weight is 273 g/mol. The van der Waals surface area contributed by atoms with Crippen molar-refractivity contribution < 1.29 is 0 Å². The number of nitriles is 1. The molecule has 1 heteroatoms. The molecule has 0 aromatic carbocycles. The minimum atomic E-state index is -0.0819. The Labute approximate surface area is 125 Å². The van der Waals surface area contributed by atoms with Crippen LogP contribution >= 0.6 is 0 Å². The summed E-state index contributed by atoms with van der Waals surface area (Å²) in [5.74, 6) is 1.77. The average Bonchev–Trinajstić information content (AvgIpc) is 2.50. The van der Waals surface area contributed by atoms with Crippen LogP contribution in [0.3, 0.4) is 0 Å². The Bertz CT molecular complexity index is 366. The zero-order valence-corrected chi connectivity index (χ0v) is 13.5. The monoisotopic (exact) mass is 273 g/mol. The summed E-state index contributed by atoms with van der Waals surface area (Å²) >= 11 is 0. The fraction of sp³-hybridized carbons (Fsp3) is 0.842. The predicted molar refractivity (Wildman–Crippen MR) is 85.2 cm³/mol. The van der Waals surface area contributed by atoms with Crippen molar-refractivity contribution in [2.75, 3.05) is 0 Å². The lowest BCUT2D eigenvalue weighted by molar-refractivity contribution is 0.224. The first-order chi connectivity index (χ1) is 9.74. The molecular formula is C19H31N. The number of allylic oxidation sites excluding steroid dienone is 2. The van der Waals surface area contributed by atoms with E-state index >= 15 is 0 Å². The van der Waals surface area contributed by atoms with Gasteiger partial charge in [0.05, 0.1) is 11.5 Å². The molecule has 0 heterocycles. The second kappa shape index (κ2) is 7.30. The molecule has 20 heavy (non-hydrogen) atoms. The highest BCUT2D eigenvalue weighted by atomic mass is 14.4. The summed E-state index contributed by atoms with van der Waals surface area (Å²) < 4.78 is 0. The van der Waals surface area contributed by atoms with Gasteiger partial charge in [0.2, 0.25) is 0 Å². The summed E-state index contributed by atoms with van der Waals surface area (Å²) in [6.45, 7) is 4.56. The van der Waals surface area contributed by atoms with E-state index in [4.69, 9.17) is 0 Å². The Balaban J connectivity index is 1.98. The summed E-state index contributed by atoms with van der Waals surface area (Å²) in [6, 6.07) is 2.73. The van der Waals surface area contributed by atoms with Crippen LogP contribution in [0.25, 0.3) is 0 Å². The summed E-state index contributed by atoms with van der Waals surface area (Å²) in [7, 11) is 0. The fourth-order valence-electron chi connectivity index (χ4n) is 4.37. The molecular weight excluding hydrogens is 242 g/mol. The van der Waals surface area contributed by atoms with Crippen LogP contribution in [0.15, 0.2) is 11.6 Å². The zero-order chi connectivity index (χ0) is 14.4. The minimum absolute atomic E-state index is 0.0819. The van der Waals surface area contributed by atoms with Gasteiger partial charge in [-0.25, -0.2) is 0 Å². The molecule has 2 rings (SSSR count). The smallest absolute Gasteiger partial charge is 0.0782 e. The SMILES string of the molecule is CCCC1CCC(C#N)(C2=CC[C@H](CCC)CC2)CC1. The van der Waals surface area contributed by atoms with Crippen LogP contribution in [0.1, 0.15) is 84.5 Å². The van der Waals surface area contributed by atoms with Gasteiger partial charge < -0.3 is 0 Å². The summed E-state index contributed by atoms with van der Waals surface area (Å²) in [5, 5.41) is 9.79. The molecule has 0 unspecified atom stereocenters. The van der Waals surface area contributed by atoms with Crippen molar-refractivity contribution >= 4 is 0 Å². The Morgan fingerprint density at radius 3 is 2.25 bits per heavy atom. The number of hydrogen-bond acceptors (Lipinski definition) is 1. The van der Waals surface area contributed by atoms with Gasteiger partial charge in [-0.1, -0.05) is 51.2 Å². The van der Waals surface area contributed by atoms with Gasteiger partial charge in [-0.3, -0.25) is 0 Å². The maximum Gasteiger partial charge on any atom is 0.0782 e. The zero-order valence-electron chi connectivity index (χ0n) is 13.5. The van der Waals surface area contributed by atoms with E-state index in [1.54, 1.807) is 0 Å². The van der Waals surface area contributed by atoms with Gasteiger partial charge in [0.15, 0.2) is 0 Å². The molecule has 1 saturated carbocycles. The molecule has 0 radical (unpaired) electrons. The Morgan fingerprint density at radius 1 is 1.10 bits per heavy atom. The normalized spacial score (nSPS) is 34.4. The van der Waals surface area contributed by atoms with Crippen molar-refractivity contribution in [2.24, 2.45) is 17.3 Å². The first-order valence-electron chi connectivity index (χ1n) is 8.84. The van der Waals surface area contributed by atoms with Crippen LogP contribution in [0.4, 0.5) is 0 Å². The Morgan fingerprint density at radius 2 is 1.75 bits per heavy atom. The quantitative estimate of drug-likeness (QED) is 0.562. The second-order valence-corrected chi connectivity index (χ2v) is 7.08. The molecule has 0 aliphatic heterocycles. The van der Waals surface area contributed by atoms with Gasteiger partial charge in [0.1, 0.15) is 0 Å². The molecule has 1 nitrogen and oxygen atoms in total. The highest BCUT2D eigenvalue weighted by Crippen LogP contribution is 2.48. The molecule has 1 fully saturated rings. The summed E-state index contributed by atoms with van der Waals surface area (Å²) in [6.07, 6.45) is 16.3. The number of nitrogens with zero attached hydrogens (tertiary/aromatic N) is 1. The lowest BCUT2D eigenvalue weighted by Gasteiger charge is -2.39. The van der Waals surface area contributed by atoms with Crippen molar-refractivity contribution in [2.45, 2.75) is 84.5 Å². The van der Waals surface area contributed by atoms with E-state index in [9.17, 15) is 5.26 Å². The molecule has 2 aliphatic carbocycles. The Kier molecular flexibility index (Phi) is 5.70. The largest absolute Gasteiger partial charge is 0.197 e. The van der Waals surface area contributed by atoms with Gasteiger partial charge in [-0.15, -0.1) is 0 Å². The molecule has 0 spiro atoms. The van der Waals surface area contributed by atoms with E-state index in [2.05, 4.69) is 26.0 Å². The standard InChI is InChI=1S/C19H31N/c1-3-5-16-7-9-18(10-8-16)19(15-20)13-11-17(6-4-2)12-14-19/h9,16-17H,3-8,10-14H2,1-2H3/t16-,17?,19?/m0/s1. The van der Waals surface area contributed by atoms with E-state index in [1.807, 2.05) is 0 Å². The van der Waals surface area contributed by atoms with Crippen molar-refractivity contribution in [3.05, 3.63) is 11.6 Å². The van der Waals surface area contributed by atoms with Crippen molar-refractivity contribution in [3.63, 3.8) is 0 Å². The maximum absolute atomic E-state index is 9.79. The molecule has 0 N–H and O–H groups in total. The fourth-order valence-corrected chi connectivity index (χ4v) is 4.37. The molecule has 0 bridgehead atoms. The van der Waals surface area contributed by atoms with Gasteiger partial charge in [-0.2, -0.15) is 5.26 Å². The molecule has 2 aliphatic rings. The number of hydrogen-bond donors (Lipinski definition) is 0. The van der Waals surface area contributed by atoms with Crippen molar-refractivity contribution in [1.82, 2.24) is 0 Å². The van der Waals surface area contributed by atoms with Gasteiger partial charge in [0, 0.05) is 0 Å². The van der Waals surface area contributed by atoms with Crippen LogP contribution in [-0.4, -0.2) is 0 Å². The van der Waals surface area contributed by atoms with Crippen LogP contribution in [0.5, 0.6) is 0 Å². The van der Waals surface area contributed by atoms with Gasteiger partial charge in [0.25, 0.3) is 0 Å². The van der Waals surface area contributed by atoms with Gasteiger partial charge in [-0.05, 0) is 56.8 Å². The van der Waals surface area contributed by atoms with E-state index in [0.717, 1.165) is 24.7 Å². The van der Waals surface area contributed by atoms with Crippen molar-refractivity contribution in [3.8, 4) is 6.07 Å². The third-order valence-corrected chi connectivity index (χ3v) is 5.70. The van der Waals surface area contributed by atoms with Crippen LogP contribution in [0, 0.1) is 28.6 Å². The highest BCUT2D eigenvalue weighted by molar-refractivity contribution is 5.26. The van der Waals surface area contributed by atoms with E-state index in [0.29, 0.717) is 0 Å². The van der Waals surface area contributed by atoms with Crippen molar-refractivity contribution in [1.29, 1.82) is 5.26 Å². The first-order valence-corrected chi connectivity index (χ1v) is 8.84. The topological polar surface area (TPSA) is 23.8 Å². The molecule has 0 aromatic rings. The van der Waals surface area contributed by atoms with Crippen LogP contribution in [-0.2, 0) is 0 Å². The second-order valence-electron chi connectivity index (χ2n) is 7.08.